The first-order chi connectivity index (χ1) is 60.9. The summed E-state index contributed by atoms with van der Waals surface area (Å²) in [6.07, 6.45) is 12.2. The van der Waals surface area contributed by atoms with Crippen LogP contribution in [0.1, 0.15) is 0 Å². The van der Waals surface area contributed by atoms with E-state index < -0.39 is 0 Å². The van der Waals surface area contributed by atoms with Gasteiger partial charge in [-0.3, -0.25) is 0 Å². The Balaban J connectivity index is 0.000000112. The van der Waals surface area contributed by atoms with E-state index >= 15 is 0 Å². The van der Waals surface area contributed by atoms with Crippen LogP contribution in [-0.2, 0) is 0 Å². The zero-order valence-electron chi connectivity index (χ0n) is 66.0. The maximum atomic E-state index is 5.27. The zero-order valence-corrected chi connectivity index (χ0v) is 66.0. The van der Waals surface area contributed by atoms with Gasteiger partial charge in [0.1, 0.15) is 16.9 Å². The Morgan fingerprint density at radius 3 is 0.732 bits per heavy atom. The monoisotopic (exact) mass is 1580 g/mol. The van der Waals surface area contributed by atoms with Crippen LogP contribution in [0.2, 0.25) is 0 Å². The summed E-state index contributed by atoms with van der Waals surface area (Å²) in [5.74, 6) is 5.79. The highest BCUT2D eigenvalue weighted by atomic mass is 15.1. The molecular weight excluding hydrogens is 1510 g/mol. The molecule has 15 heteroatoms. The third-order valence-electron chi connectivity index (χ3n) is 22.4. The Bertz CT molecular complexity index is 7740. The first kappa shape index (κ1) is 72.4. The molecule has 24 rings (SSSR count). The lowest BCUT2D eigenvalue weighted by atomic mass is 9.96. The minimum Gasteiger partial charge on any atom is -0.306 e. The molecule has 0 N–H and O–H groups in total. The van der Waals surface area contributed by atoms with Crippen molar-refractivity contribution in [1.82, 2.24) is 73.0 Å². The number of nitrogens with zero attached hydrogens (tertiary/aromatic N) is 15. The van der Waals surface area contributed by atoms with E-state index in [1.54, 1.807) is 0 Å². The van der Waals surface area contributed by atoms with Crippen LogP contribution in [0.25, 0.3) is 218 Å². The maximum Gasteiger partial charge on any atom is 0.164 e. The summed E-state index contributed by atoms with van der Waals surface area (Å²) in [7, 11) is 0. The second-order valence-corrected chi connectivity index (χ2v) is 30.2. The van der Waals surface area contributed by atoms with E-state index in [1.165, 1.54) is 32.3 Å². The molecule has 0 unspecified atom stereocenters. The molecule has 0 aliphatic heterocycles. The van der Waals surface area contributed by atoms with E-state index in [0.717, 1.165) is 133 Å². The molecule has 15 nitrogen and oxygen atoms in total. The van der Waals surface area contributed by atoms with Gasteiger partial charge in [-0.25, -0.2) is 59.8 Å². The minimum atomic E-state index is 0.621. The molecular formula is C108H69N15. The number of hydrogen-bond donors (Lipinski definition) is 0. The quantitative estimate of drug-likeness (QED) is 0.106. The van der Waals surface area contributed by atoms with Gasteiger partial charge < -0.3 is 13.2 Å². The average molecular weight is 1580 g/mol. The molecule has 24 aromatic rings. The topological polar surface area (TPSA) is 168 Å². The fraction of sp³-hybridized carbons (Fsp3) is 0. The zero-order chi connectivity index (χ0) is 81.5. The normalized spacial score (nSPS) is 11.4. The molecule has 0 amide bonds. The van der Waals surface area contributed by atoms with Crippen LogP contribution in [0.15, 0.2) is 419 Å². The van der Waals surface area contributed by atoms with Crippen LogP contribution < -0.4 is 0 Å². The first-order valence-corrected chi connectivity index (χ1v) is 40.7. The van der Waals surface area contributed by atoms with Crippen LogP contribution in [0.4, 0.5) is 0 Å². The molecule has 576 valence electrons. The van der Waals surface area contributed by atoms with Gasteiger partial charge in [0, 0.05) is 104 Å². The van der Waals surface area contributed by atoms with Crippen LogP contribution in [0, 0.1) is 0 Å². The summed E-state index contributed by atoms with van der Waals surface area (Å²) in [6, 6.07) is 131. The van der Waals surface area contributed by atoms with E-state index in [-0.39, 0.29) is 0 Å². The van der Waals surface area contributed by atoms with Crippen molar-refractivity contribution >= 4 is 81.6 Å². The van der Waals surface area contributed by atoms with Gasteiger partial charge in [-0.2, -0.15) is 0 Å². The summed E-state index contributed by atoms with van der Waals surface area (Å²) < 4.78 is 6.09. The maximum absolute atomic E-state index is 5.27. The molecule has 0 saturated heterocycles. The Morgan fingerprint density at radius 2 is 0.390 bits per heavy atom. The summed E-state index contributed by atoms with van der Waals surface area (Å²) in [5.41, 5.74) is 17.2. The highest BCUT2D eigenvalue weighted by Gasteiger charge is 2.22. The number of rotatable bonds is 12. The second-order valence-electron chi connectivity index (χ2n) is 30.2. The van der Waals surface area contributed by atoms with Gasteiger partial charge in [-0.05, 0) is 125 Å². The number of hydrogen-bond acceptors (Lipinski definition) is 12. The standard InChI is InChI=1S/C44H27N5.C36H23N5.C28H19N5/c1-3-13-32-30(11-1)25-38(36-17-7-5-15-34(32)36)43-46-42(29-22-20-28(21-23-29)40-27-49-24-10-9-19-41(49)45-40)47-44(48-43)39-26-31-12-2-4-14-33(31)35-16-6-8-18-37(35)39;1-3-9-28-21-30(18-12-24(28)7-1)35-38-34(39-36(40-35)31-19-13-25-8-2-4-10-29(25)22-31)27-16-14-26(15-17-27)32-23-41-20-6-5-11-33(41)37-32;1-3-9-21(10-4-1)26-30-27(22-11-5-2-6-12-22)32-28(31-26)23-16-14-20(15-17-23)24-19-33-18-8-7-13-25(33)29-24/h1-27H;1-23H;1-19H. The third kappa shape index (κ3) is 14.4. The van der Waals surface area contributed by atoms with E-state index in [1.807, 2.05) is 172 Å². The number of imidazole rings is 3. The lowest BCUT2D eigenvalue weighted by molar-refractivity contribution is 1.07. The van der Waals surface area contributed by atoms with Crippen molar-refractivity contribution < 1.29 is 0 Å². The van der Waals surface area contributed by atoms with Gasteiger partial charge in [0.2, 0.25) is 0 Å². The number of pyridine rings is 3. The number of benzene rings is 15. The molecule has 0 atom stereocenters. The number of fused-ring (bicyclic) bond motifs is 11. The molecule has 9 aromatic heterocycles. The van der Waals surface area contributed by atoms with Gasteiger partial charge in [-0.1, -0.05) is 322 Å². The second kappa shape index (κ2) is 31.4. The fourth-order valence-electron chi connectivity index (χ4n) is 16.2. The van der Waals surface area contributed by atoms with Crippen LogP contribution >= 0.6 is 0 Å². The molecule has 15 aromatic carbocycles. The lowest BCUT2D eigenvalue weighted by Crippen LogP contribution is -2.01. The third-order valence-corrected chi connectivity index (χ3v) is 22.4. The molecule has 0 spiro atoms. The predicted octanol–water partition coefficient (Wildman–Crippen LogP) is 25.5. The molecule has 0 aliphatic rings. The van der Waals surface area contributed by atoms with Crippen LogP contribution in [-0.4, -0.2) is 73.0 Å². The summed E-state index contributed by atoms with van der Waals surface area (Å²) in [4.78, 5) is 59.2. The van der Waals surface area contributed by atoms with Crippen molar-refractivity contribution in [3.8, 4) is 136 Å². The molecule has 0 bridgehead atoms. The van der Waals surface area contributed by atoms with Crippen molar-refractivity contribution in [3.63, 3.8) is 0 Å². The molecule has 0 saturated carbocycles. The van der Waals surface area contributed by atoms with Crippen molar-refractivity contribution in [2.75, 3.05) is 0 Å². The van der Waals surface area contributed by atoms with E-state index in [9.17, 15) is 0 Å². The Kier molecular flexibility index (Phi) is 18.5. The molecule has 0 radical (unpaired) electrons. The molecule has 0 fully saturated rings. The molecule has 0 aliphatic carbocycles. The van der Waals surface area contributed by atoms with Gasteiger partial charge in [0.15, 0.2) is 52.4 Å². The van der Waals surface area contributed by atoms with E-state index in [0.29, 0.717) is 52.4 Å². The highest BCUT2D eigenvalue weighted by molar-refractivity contribution is 6.15. The lowest BCUT2D eigenvalue weighted by Gasteiger charge is -2.14. The Hall–Kier alpha value is -17.0. The smallest absolute Gasteiger partial charge is 0.164 e. The Morgan fingerprint density at radius 1 is 0.146 bits per heavy atom. The van der Waals surface area contributed by atoms with Gasteiger partial charge in [0.25, 0.3) is 0 Å². The van der Waals surface area contributed by atoms with Crippen molar-refractivity contribution in [3.05, 3.63) is 419 Å². The predicted molar refractivity (Wildman–Crippen MR) is 496 cm³/mol. The van der Waals surface area contributed by atoms with Gasteiger partial charge in [-0.15, -0.1) is 0 Å². The Labute approximate surface area is 705 Å². The van der Waals surface area contributed by atoms with Gasteiger partial charge in [0.05, 0.1) is 17.1 Å². The summed E-state index contributed by atoms with van der Waals surface area (Å²) in [6.45, 7) is 0. The molecule has 9 heterocycles. The molecule has 123 heavy (non-hydrogen) atoms. The van der Waals surface area contributed by atoms with Crippen LogP contribution in [0.3, 0.4) is 0 Å². The van der Waals surface area contributed by atoms with Gasteiger partial charge >= 0.3 is 0 Å². The van der Waals surface area contributed by atoms with E-state index in [4.69, 9.17) is 59.8 Å². The largest absolute Gasteiger partial charge is 0.306 e. The van der Waals surface area contributed by atoms with Crippen molar-refractivity contribution in [2.45, 2.75) is 0 Å². The first-order valence-electron chi connectivity index (χ1n) is 40.7. The highest BCUT2D eigenvalue weighted by Crippen LogP contribution is 2.40. The fourth-order valence-corrected chi connectivity index (χ4v) is 16.2. The van der Waals surface area contributed by atoms with Crippen molar-refractivity contribution in [1.29, 1.82) is 0 Å². The SMILES string of the molecule is c1ccc(-c2nc(-c3ccccc3)nc(-c3ccc(-c4cn5ccccc5n4)cc3)n2)cc1.c1ccc2c(c1)cc(-c1nc(-c3ccc(-c4cn5ccccc5n4)cc3)nc(-c3cc4ccccc4c4ccccc34)n1)c1ccccc12.c1ccc2cc(-c3nc(-c4ccc(-c5cn6ccccc6n5)cc4)nc(-c4ccc5ccccc5c4)n3)ccc2c1. The summed E-state index contributed by atoms with van der Waals surface area (Å²) >= 11 is 0. The van der Waals surface area contributed by atoms with Crippen molar-refractivity contribution in [2.24, 2.45) is 0 Å². The number of aromatic nitrogens is 15. The minimum absolute atomic E-state index is 0.621. The average Bonchev–Trinajstić information content (AvgIpc) is 1.74. The van der Waals surface area contributed by atoms with Crippen LogP contribution in [0.5, 0.6) is 0 Å². The van der Waals surface area contributed by atoms with E-state index in [2.05, 4.69) is 261 Å². The summed E-state index contributed by atoms with van der Waals surface area (Å²) in [5, 5.41) is 13.9.